The van der Waals surface area contributed by atoms with Gasteiger partial charge in [0.2, 0.25) is 0 Å². The van der Waals surface area contributed by atoms with Crippen LogP contribution in [-0.2, 0) is 14.0 Å². The molecule has 0 bridgehead atoms. The maximum atomic E-state index is 9.03. The van der Waals surface area contributed by atoms with Crippen LogP contribution < -0.4 is 15.5 Å². The summed E-state index contributed by atoms with van der Waals surface area (Å²) in [6.07, 6.45) is 2.27. The van der Waals surface area contributed by atoms with Gasteiger partial charge in [-0.25, -0.2) is 4.98 Å². The molecule has 170 valence electrons. The van der Waals surface area contributed by atoms with Gasteiger partial charge in [-0.2, -0.15) is 0 Å². The SMILES string of the molecule is CC1(C)OB(c2ccc(NPI)c(C(=N)c3ccnc(N4CCOCC4)c3)c2)OC1(C)C. The maximum Gasteiger partial charge on any atom is 0.494 e. The molecule has 0 radical (unpaired) electrons. The topological polar surface area (TPSA) is 79.7 Å². The third-order valence-corrected chi connectivity index (χ3v) is 7.56. The van der Waals surface area contributed by atoms with Gasteiger partial charge in [0, 0.05) is 42.5 Å². The summed E-state index contributed by atoms with van der Waals surface area (Å²) in [6, 6.07) is 9.93. The smallest absolute Gasteiger partial charge is 0.399 e. The zero-order valence-electron chi connectivity index (χ0n) is 18.9. The van der Waals surface area contributed by atoms with Crippen molar-refractivity contribution in [3.8, 4) is 0 Å². The molecule has 2 saturated heterocycles. The monoisotopic (exact) mass is 566 g/mol. The number of ether oxygens (including phenoxy) is 1. The van der Waals surface area contributed by atoms with E-state index in [1.54, 1.807) is 6.20 Å². The quantitative estimate of drug-likeness (QED) is 0.239. The number of rotatable bonds is 6. The van der Waals surface area contributed by atoms with Crippen molar-refractivity contribution in [2.45, 2.75) is 38.9 Å². The first-order chi connectivity index (χ1) is 15.2. The van der Waals surface area contributed by atoms with E-state index in [9.17, 15) is 0 Å². The molecule has 7 nitrogen and oxygen atoms in total. The molecule has 2 aliphatic rings. The second-order valence-corrected chi connectivity index (χ2v) is 11.0. The molecule has 0 aliphatic carbocycles. The van der Waals surface area contributed by atoms with Gasteiger partial charge in [-0.05, 0) is 73.4 Å². The van der Waals surface area contributed by atoms with Crippen LogP contribution in [0, 0.1) is 5.41 Å². The summed E-state index contributed by atoms with van der Waals surface area (Å²) in [7, 11) is -0.469. The van der Waals surface area contributed by atoms with E-state index >= 15 is 0 Å². The van der Waals surface area contributed by atoms with Gasteiger partial charge in [0.05, 0.1) is 30.1 Å². The highest BCUT2D eigenvalue weighted by Gasteiger charge is 2.51. The molecule has 0 saturated carbocycles. The molecule has 4 rings (SSSR count). The van der Waals surface area contributed by atoms with Crippen molar-refractivity contribution >= 4 is 58.2 Å². The third kappa shape index (κ3) is 4.82. The lowest BCUT2D eigenvalue weighted by Gasteiger charge is -2.32. The fourth-order valence-electron chi connectivity index (χ4n) is 3.75. The van der Waals surface area contributed by atoms with E-state index in [0.717, 1.165) is 41.2 Å². The number of nitrogens with zero attached hydrogens (tertiary/aromatic N) is 2. The average molecular weight is 566 g/mol. The lowest BCUT2D eigenvalue weighted by Crippen LogP contribution is -2.41. The summed E-state index contributed by atoms with van der Waals surface area (Å²) in [5.74, 6) is 0.878. The number of hydrogen-bond donors (Lipinski definition) is 2. The summed E-state index contributed by atoms with van der Waals surface area (Å²) in [4.78, 5) is 6.73. The highest BCUT2D eigenvalue weighted by Crippen LogP contribution is 2.37. The van der Waals surface area contributed by atoms with Gasteiger partial charge in [-0.3, -0.25) is 5.41 Å². The van der Waals surface area contributed by atoms with Crippen LogP contribution in [0.4, 0.5) is 11.5 Å². The molecule has 0 amide bonds. The summed E-state index contributed by atoms with van der Waals surface area (Å²) >= 11 is 2.30. The highest BCUT2D eigenvalue weighted by atomic mass is 127. The van der Waals surface area contributed by atoms with Crippen LogP contribution in [0.25, 0.3) is 0 Å². The standard InChI is InChI=1S/C22H29BIN4O3P/c1-21(2)22(3,4)31-23(30-21)16-5-6-18(27-32-24)17(14-16)20(25)15-7-8-26-19(13-15)28-9-11-29-12-10-28/h5-8,13-14,25,27,32H,9-12H2,1-4H3. The molecule has 2 fully saturated rings. The molecular formula is C22H29BIN4O3P. The van der Waals surface area contributed by atoms with E-state index in [2.05, 4.69) is 37.0 Å². The van der Waals surface area contributed by atoms with Crippen LogP contribution in [-0.4, -0.2) is 55.3 Å². The molecule has 2 aliphatic heterocycles. The Balaban J connectivity index is 1.66. The van der Waals surface area contributed by atoms with Crippen LogP contribution in [0.2, 0.25) is 0 Å². The molecule has 32 heavy (non-hydrogen) atoms. The summed E-state index contributed by atoms with van der Waals surface area (Å²) in [5, 5.41) is 12.4. The molecule has 2 aromatic rings. The molecule has 1 aromatic heterocycles. The van der Waals surface area contributed by atoms with E-state index in [0.29, 0.717) is 25.3 Å². The molecule has 1 atom stereocenters. The fraction of sp³-hybridized carbons (Fsp3) is 0.455. The van der Waals surface area contributed by atoms with Crippen molar-refractivity contribution in [2.75, 3.05) is 36.3 Å². The van der Waals surface area contributed by atoms with Gasteiger partial charge in [0.15, 0.2) is 0 Å². The predicted molar refractivity (Wildman–Crippen MR) is 141 cm³/mol. The lowest BCUT2D eigenvalue weighted by atomic mass is 9.77. The van der Waals surface area contributed by atoms with Crippen LogP contribution in [0.5, 0.6) is 0 Å². The lowest BCUT2D eigenvalue weighted by molar-refractivity contribution is 0.00578. The number of halogens is 1. The largest absolute Gasteiger partial charge is 0.494 e. The Labute approximate surface area is 205 Å². The van der Waals surface area contributed by atoms with E-state index in [1.807, 2.05) is 58.0 Å². The van der Waals surface area contributed by atoms with Crippen molar-refractivity contribution in [1.29, 1.82) is 5.41 Å². The second-order valence-electron chi connectivity index (χ2n) is 8.99. The molecular weight excluding hydrogens is 537 g/mol. The van der Waals surface area contributed by atoms with Gasteiger partial charge in [-0.1, -0.05) is 12.1 Å². The zero-order chi connectivity index (χ0) is 22.9. The first-order valence-corrected chi connectivity index (χ1v) is 14.8. The minimum Gasteiger partial charge on any atom is -0.399 e. The number of nitrogens with one attached hydrogen (secondary N) is 2. The molecule has 10 heteroatoms. The van der Waals surface area contributed by atoms with Gasteiger partial charge >= 0.3 is 7.12 Å². The van der Waals surface area contributed by atoms with Gasteiger partial charge in [-0.15, -0.1) is 0 Å². The molecule has 3 heterocycles. The number of aromatic nitrogens is 1. The Hall–Kier alpha value is -1.26. The maximum absolute atomic E-state index is 9.03. The summed E-state index contributed by atoms with van der Waals surface area (Å²) in [5.41, 5.74) is 3.10. The van der Waals surface area contributed by atoms with Crippen LogP contribution >= 0.6 is 28.4 Å². The molecule has 2 N–H and O–H groups in total. The van der Waals surface area contributed by atoms with Crippen molar-refractivity contribution in [1.82, 2.24) is 4.98 Å². The minimum atomic E-state index is -0.469. The third-order valence-electron chi connectivity index (χ3n) is 6.39. The predicted octanol–water partition coefficient (Wildman–Crippen LogP) is 3.99. The second kappa shape index (κ2) is 9.54. The van der Waals surface area contributed by atoms with Crippen molar-refractivity contribution in [3.63, 3.8) is 0 Å². The fourth-order valence-corrected chi connectivity index (χ4v) is 4.94. The minimum absolute atomic E-state index is 0.413. The molecule has 0 spiro atoms. The van der Waals surface area contributed by atoms with Gasteiger partial charge in [0.1, 0.15) is 5.82 Å². The highest BCUT2D eigenvalue weighted by molar-refractivity contribution is 14.2. The summed E-state index contributed by atoms with van der Waals surface area (Å²) < 4.78 is 18.0. The Kier molecular flexibility index (Phi) is 7.12. The van der Waals surface area contributed by atoms with Crippen molar-refractivity contribution in [2.24, 2.45) is 0 Å². The summed E-state index contributed by atoms with van der Waals surface area (Å²) in [6.45, 7) is 11.2. The molecule has 1 aromatic carbocycles. The Morgan fingerprint density at radius 3 is 2.47 bits per heavy atom. The van der Waals surface area contributed by atoms with E-state index in [-0.39, 0.29) is 0 Å². The number of morpholine rings is 1. The Bertz CT molecular complexity index is 985. The van der Waals surface area contributed by atoms with Crippen molar-refractivity contribution < 1.29 is 14.0 Å². The number of anilines is 2. The normalized spacial score (nSPS) is 20.2. The Morgan fingerprint density at radius 2 is 1.81 bits per heavy atom. The Morgan fingerprint density at radius 1 is 1.12 bits per heavy atom. The first-order valence-electron chi connectivity index (χ1n) is 10.7. The van der Waals surface area contributed by atoms with E-state index < -0.39 is 18.3 Å². The van der Waals surface area contributed by atoms with E-state index in [1.165, 1.54) is 0 Å². The van der Waals surface area contributed by atoms with E-state index in [4.69, 9.17) is 19.5 Å². The number of hydrogen-bond acceptors (Lipinski definition) is 7. The molecule has 1 unspecified atom stereocenters. The number of benzene rings is 1. The average Bonchev–Trinajstić information content (AvgIpc) is 3.01. The zero-order valence-corrected chi connectivity index (χ0v) is 22.0. The van der Waals surface area contributed by atoms with Crippen LogP contribution in [0.1, 0.15) is 38.8 Å². The van der Waals surface area contributed by atoms with Crippen molar-refractivity contribution in [3.05, 3.63) is 47.7 Å². The van der Waals surface area contributed by atoms with Gasteiger partial charge < -0.3 is 24.0 Å². The first kappa shape index (κ1) is 23.9. The van der Waals surface area contributed by atoms with Gasteiger partial charge in [0.25, 0.3) is 0 Å². The number of pyridine rings is 1. The van der Waals surface area contributed by atoms with Crippen LogP contribution in [0.15, 0.2) is 36.5 Å². The van der Waals surface area contributed by atoms with Crippen LogP contribution in [0.3, 0.4) is 0 Å².